The molecule has 1 aromatic heterocycles. The minimum Gasteiger partial charge on any atom is -0.497 e. The Morgan fingerprint density at radius 1 is 1.00 bits per heavy atom. The summed E-state index contributed by atoms with van der Waals surface area (Å²) in [5.41, 5.74) is -1.17. The summed E-state index contributed by atoms with van der Waals surface area (Å²) in [4.78, 5) is 62.4. The van der Waals surface area contributed by atoms with E-state index in [9.17, 15) is 27.6 Å². The summed E-state index contributed by atoms with van der Waals surface area (Å²) in [5.74, 6) is -1.55. The number of aromatic nitrogens is 1. The normalized spacial score (nSPS) is 22.8. The van der Waals surface area contributed by atoms with Gasteiger partial charge in [0.2, 0.25) is 21.8 Å². The van der Waals surface area contributed by atoms with Gasteiger partial charge in [0.15, 0.2) is 0 Å². The van der Waals surface area contributed by atoms with Crippen LogP contribution < -0.4 is 24.8 Å². The van der Waals surface area contributed by atoms with Crippen molar-refractivity contribution in [2.24, 2.45) is 11.3 Å². The number of nitrogens with one attached hydrogen (secondary N) is 3. The van der Waals surface area contributed by atoms with E-state index in [0.717, 1.165) is 18.4 Å². The Morgan fingerprint density at radius 3 is 2.29 bits per heavy atom. The molecule has 2 aliphatic carbocycles. The van der Waals surface area contributed by atoms with Crippen molar-refractivity contribution in [1.82, 2.24) is 25.2 Å². The molecule has 1 saturated heterocycles. The number of carbonyl (C=O) groups is 4. The Bertz CT molecular complexity index is 2180. The van der Waals surface area contributed by atoms with Crippen LogP contribution in [0.1, 0.15) is 80.1 Å². The first kappa shape index (κ1) is 42.4. The van der Waals surface area contributed by atoms with Crippen molar-refractivity contribution in [2.45, 2.75) is 115 Å². The van der Waals surface area contributed by atoms with Crippen LogP contribution in [0, 0.1) is 11.3 Å². The van der Waals surface area contributed by atoms with E-state index < -0.39 is 79.7 Å². The van der Waals surface area contributed by atoms with E-state index in [2.05, 4.69) is 21.9 Å². The highest BCUT2D eigenvalue weighted by molar-refractivity contribution is 7.90. The number of hydrogen-bond donors (Lipinski definition) is 3. The van der Waals surface area contributed by atoms with Gasteiger partial charge in [-0.2, -0.15) is 0 Å². The smallest absolute Gasteiger partial charge is 0.408 e. The average Bonchev–Trinajstić information content (AvgIpc) is 3.44. The maximum Gasteiger partial charge on any atom is 0.408 e. The van der Waals surface area contributed by atoms with Crippen molar-refractivity contribution in [3.8, 4) is 22.8 Å². The molecule has 6 rings (SSSR count). The average molecular weight is 818 g/mol. The van der Waals surface area contributed by atoms with E-state index in [1.54, 1.807) is 60.8 Å². The van der Waals surface area contributed by atoms with Gasteiger partial charge in [-0.1, -0.05) is 70.0 Å². The topological polar surface area (TPSA) is 182 Å². The lowest BCUT2D eigenvalue weighted by molar-refractivity contribution is -0.143. The molecule has 5 atom stereocenters. The third-order valence-electron chi connectivity index (χ3n) is 11.0. The molecule has 3 aliphatic rings. The van der Waals surface area contributed by atoms with Crippen molar-refractivity contribution in [1.29, 1.82) is 0 Å². The van der Waals surface area contributed by atoms with Crippen molar-refractivity contribution in [2.75, 3.05) is 13.7 Å². The van der Waals surface area contributed by atoms with E-state index in [0.29, 0.717) is 40.9 Å². The molecule has 14 nitrogen and oxygen atoms in total. The maximum atomic E-state index is 14.7. The van der Waals surface area contributed by atoms with Gasteiger partial charge in [-0.05, 0) is 57.6 Å². The fraction of sp³-hybridized carbons (Fsp3) is 0.512. The number of hydrogen-bond acceptors (Lipinski definition) is 10. The molecule has 2 saturated carbocycles. The molecule has 0 bridgehead atoms. The van der Waals surface area contributed by atoms with Crippen molar-refractivity contribution in [3.63, 3.8) is 0 Å². The third kappa shape index (κ3) is 9.24. The van der Waals surface area contributed by atoms with E-state index in [1.165, 1.54) is 11.0 Å². The fourth-order valence-corrected chi connectivity index (χ4v) is 9.35. The van der Waals surface area contributed by atoms with E-state index in [-0.39, 0.29) is 19.4 Å². The second-order valence-corrected chi connectivity index (χ2v) is 19.5. The summed E-state index contributed by atoms with van der Waals surface area (Å²) in [7, 11) is -2.42. The Labute approximate surface area is 340 Å². The van der Waals surface area contributed by atoms with Crippen LogP contribution in [0.25, 0.3) is 22.2 Å². The van der Waals surface area contributed by atoms with Crippen LogP contribution in [-0.2, 0) is 29.1 Å². The Hall–Kier alpha value is -5.18. The summed E-state index contributed by atoms with van der Waals surface area (Å²) < 4.78 is 46.4. The molecule has 3 aromatic rings. The molecular formula is C43H55N5O9S. The predicted octanol–water partition coefficient (Wildman–Crippen LogP) is 5.65. The zero-order chi connectivity index (χ0) is 42.2. The van der Waals surface area contributed by atoms with Crippen LogP contribution in [-0.4, -0.2) is 90.3 Å². The van der Waals surface area contributed by atoms with Gasteiger partial charge in [0.05, 0.1) is 30.1 Å². The number of methoxy groups -OCH3 is 1. The lowest BCUT2D eigenvalue weighted by Gasteiger charge is -2.36. The first-order valence-corrected chi connectivity index (χ1v) is 21.3. The van der Waals surface area contributed by atoms with Gasteiger partial charge in [-0.15, -0.1) is 6.58 Å². The number of rotatable bonds is 12. The Balaban J connectivity index is 1.34. The first-order valence-electron chi connectivity index (χ1n) is 19.8. The molecular weight excluding hydrogens is 763 g/mol. The van der Waals surface area contributed by atoms with Gasteiger partial charge in [-0.25, -0.2) is 18.2 Å². The van der Waals surface area contributed by atoms with Crippen LogP contribution in [0.2, 0.25) is 0 Å². The summed E-state index contributed by atoms with van der Waals surface area (Å²) in [6.45, 7) is 14.3. The number of alkyl carbamates (subject to hydrolysis) is 1. The van der Waals surface area contributed by atoms with Gasteiger partial charge in [0.25, 0.3) is 5.91 Å². The van der Waals surface area contributed by atoms with Crippen molar-refractivity contribution < 1.29 is 41.8 Å². The van der Waals surface area contributed by atoms with E-state index >= 15 is 0 Å². The molecule has 0 radical (unpaired) electrons. The van der Waals surface area contributed by atoms with Gasteiger partial charge in [-0.3, -0.25) is 19.1 Å². The zero-order valence-corrected chi connectivity index (χ0v) is 35.1. The van der Waals surface area contributed by atoms with Crippen LogP contribution in [0.4, 0.5) is 4.79 Å². The van der Waals surface area contributed by atoms with Crippen molar-refractivity contribution in [3.05, 3.63) is 67.3 Å². The predicted molar refractivity (Wildman–Crippen MR) is 219 cm³/mol. The van der Waals surface area contributed by atoms with Gasteiger partial charge < -0.3 is 29.7 Å². The zero-order valence-electron chi connectivity index (χ0n) is 34.3. The monoisotopic (exact) mass is 817 g/mol. The highest BCUT2D eigenvalue weighted by Crippen LogP contribution is 2.45. The van der Waals surface area contributed by atoms with Gasteiger partial charge >= 0.3 is 6.09 Å². The molecule has 4 amide bonds. The molecule has 1 aliphatic heterocycles. The number of carbonyl (C=O) groups excluding carboxylic acids is 4. The molecule has 15 heteroatoms. The molecule has 3 N–H and O–H groups in total. The summed E-state index contributed by atoms with van der Waals surface area (Å²) in [6.07, 6.45) is 2.53. The Kier molecular flexibility index (Phi) is 11.9. The second kappa shape index (κ2) is 16.2. The van der Waals surface area contributed by atoms with Gasteiger partial charge in [0, 0.05) is 35.4 Å². The van der Waals surface area contributed by atoms with Crippen LogP contribution in [0.15, 0.2) is 67.3 Å². The summed E-state index contributed by atoms with van der Waals surface area (Å²) in [5, 5.41) is 5.56. The molecule has 0 spiro atoms. The second-order valence-electron chi connectivity index (χ2n) is 17.6. The number of fused-ring (bicyclic) bond motifs is 1. The molecule has 2 heterocycles. The summed E-state index contributed by atoms with van der Waals surface area (Å²) >= 11 is 0. The first-order chi connectivity index (χ1) is 27.2. The Morgan fingerprint density at radius 2 is 1.69 bits per heavy atom. The quantitative estimate of drug-likeness (QED) is 0.193. The number of amides is 4. The largest absolute Gasteiger partial charge is 0.497 e. The van der Waals surface area contributed by atoms with Crippen molar-refractivity contribution >= 4 is 44.7 Å². The number of pyridine rings is 1. The maximum absolute atomic E-state index is 14.7. The molecule has 2 aromatic carbocycles. The third-order valence-corrected chi connectivity index (χ3v) is 12.8. The minimum absolute atomic E-state index is 0.0122. The molecule has 3 fully saturated rings. The molecule has 58 heavy (non-hydrogen) atoms. The molecule has 0 unspecified atom stereocenters. The lowest BCUT2D eigenvalue weighted by Crippen LogP contribution is -2.60. The minimum atomic E-state index is -3.99. The SMILES string of the molecule is C=C[C@@H]1C[C@]1(NC(=O)[C@@H]1C[C@@H](Oc2cc(-c3ccccc3)nc3cc(OC)ccc23)CN1C(=O)[C@@H](NC(=O)OC(C)(C)C)C(C)(C)C)C(=O)NS(=O)(=O)C1CCCC1. The van der Waals surface area contributed by atoms with Crippen LogP contribution in [0.5, 0.6) is 11.5 Å². The standard InChI is InChI=1S/C43H55N5O9S/c1-9-27-24-43(27,39(51)47-58(53,54)30-17-13-14-18-30)46-37(49)34-22-29(25-48(34)38(50)36(41(2,3)4)45-40(52)57-42(5,6)7)56-35-23-32(26-15-11-10-12-16-26)44-33-21-28(55-8)19-20-31(33)35/h9-12,15-16,19-21,23,27,29-30,34,36H,1,13-14,17-18,22,24-25H2,2-8H3,(H,45,52)(H,46,49)(H,47,51)/t27-,29-,34+,36-,43-/m1/s1. The number of sulfonamides is 1. The highest BCUT2D eigenvalue weighted by Gasteiger charge is 2.62. The number of benzene rings is 2. The van der Waals surface area contributed by atoms with Crippen LogP contribution in [0.3, 0.4) is 0 Å². The van der Waals surface area contributed by atoms with Gasteiger partial charge in [0.1, 0.15) is 40.8 Å². The van der Waals surface area contributed by atoms with E-state index in [1.807, 2.05) is 42.5 Å². The fourth-order valence-electron chi connectivity index (χ4n) is 7.79. The molecule has 312 valence electrons. The number of nitrogens with zero attached hydrogens (tertiary/aromatic N) is 2. The number of ether oxygens (including phenoxy) is 3. The summed E-state index contributed by atoms with van der Waals surface area (Å²) in [6, 6.07) is 14.5. The highest BCUT2D eigenvalue weighted by atomic mass is 32.2. The van der Waals surface area contributed by atoms with Crippen LogP contribution >= 0.6 is 0 Å². The lowest BCUT2D eigenvalue weighted by atomic mass is 9.85. The van der Waals surface area contributed by atoms with E-state index in [4.69, 9.17) is 19.2 Å². The number of likely N-dealkylation sites (tertiary alicyclic amines) is 1.